The van der Waals surface area contributed by atoms with Gasteiger partial charge in [0.2, 0.25) is 5.91 Å². The molecule has 2 rings (SSSR count). The highest BCUT2D eigenvalue weighted by Gasteiger charge is 2.22. The van der Waals surface area contributed by atoms with E-state index in [-0.39, 0.29) is 17.9 Å². The Kier molecular flexibility index (Phi) is 4.10. The van der Waals surface area contributed by atoms with Crippen molar-refractivity contribution >= 4 is 17.7 Å². The number of amides is 1. The van der Waals surface area contributed by atoms with Crippen molar-refractivity contribution in [3.05, 3.63) is 18.2 Å². The van der Waals surface area contributed by atoms with Crippen molar-refractivity contribution in [2.24, 2.45) is 5.92 Å². The fraction of sp³-hybridized carbons (Fsp3) is 0.667. The summed E-state index contributed by atoms with van der Waals surface area (Å²) in [5.41, 5.74) is 0. The van der Waals surface area contributed by atoms with Gasteiger partial charge in [0.15, 0.2) is 0 Å². The number of hydrogen-bond donors (Lipinski definition) is 1. The summed E-state index contributed by atoms with van der Waals surface area (Å²) >= 11 is 1.71. The predicted octanol–water partition coefficient (Wildman–Crippen LogP) is 1.31. The lowest BCUT2D eigenvalue weighted by Gasteiger charge is -2.25. The van der Waals surface area contributed by atoms with Gasteiger partial charge in [-0.3, -0.25) is 4.79 Å². The molecule has 2 heterocycles. The standard InChI is InChI=1S/C12H19N3OS/c1-9(8-17-2)12(16)14-10-3-4-11-13-5-6-15(11)7-10/h5-6,9-10H,3-4,7-8H2,1-2H3,(H,14,16)/t9-,10-/m1/s1. The third-order valence-corrected chi connectivity index (χ3v) is 3.98. The van der Waals surface area contributed by atoms with Gasteiger partial charge in [0.05, 0.1) is 0 Å². The summed E-state index contributed by atoms with van der Waals surface area (Å²) in [7, 11) is 0. The van der Waals surface area contributed by atoms with Gasteiger partial charge in [0.25, 0.3) is 0 Å². The average molecular weight is 253 g/mol. The SMILES string of the molecule is CSC[C@@H](C)C(=O)N[C@@H]1CCc2nccn2C1. The number of hydrogen-bond acceptors (Lipinski definition) is 3. The molecule has 0 unspecified atom stereocenters. The lowest BCUT2D eigenvalue weighted by atomic mass is 10.1. The summed E-state index contributed by atoms with van der Waals surface area (Å²) in [5.74, 6) is 2.28. The smallest absolute Gasteiger partial charge is 0.223 e. The van der Waals surface area contributed by atoms with Crippen LogP contribution in [0, 0.1) is 5.92 Å². The highest BCUT2D eigenvalue weighted by molar-refractivity contribution is 7.98. The van der Waals surface area contributed by atoms with Crippen LogP contribution < -0.4 is 5.32 Å². The molecule has 0 fully saturated rings. The molecule has 1 amide bonds. The van der Waals surface area contributed by atoms with Crippen molar-refractivity contribution < 1.29 is 4.79 Å². The number of imidazole rings is 1. The van der Waals surface area contributed by atoms with Crippen LogP contribution in [0.4, 0.5) is 0 Å². The van der Waals surface area contributed by atoms with Gasteiger partial charge in [0.1, 0.15) is 5.82 Å². The van der Waals surface area contributed by atoms with Crippen molar-refractivity contribution in [3.63, 3.8) is 0 Å². The summed E-state index contributed by atoms with van der Waals surface area (Å²) in [6.07, 6.45) is 7.79. The molecule has 0 aromatic carbocycles. The number of nitrogens with zero attached hydrogens (tertiary/aromatic N) is 2. The van der Waals surface area contributed by atoms with E-state index in [1.54, 1.807) is 11.8 Å². The molecule has 0 bridgehead atoms. The zero-order chi connectivity index (χ0) is 12.3. The number of carbonyl (C=O) groups excluding carboxylic acids is 1. The highest BCUT2D eigenvalue weighted by atomic mass is 32.2. The van der Waals surface area contributed by atoms with Crippen molar-refractivity contribution in [1.29, 1.82) is 0 Å². The van der Waals surface area contributed by atoms with Crippen LogP contribution in [0.2, 0.25) is 0 Å². The third-order valence-electron chi connectivity index (χ3n) is 3.15. The molecule has 0 saturated carbocycles. The number of aromatic nitrogens is 2. The topological polar surface area (TPSA) is 46.9 Å². The van der Waals surface area contributed by atoms with Gasteiger partial charge in [-0.1, -0.05) is 6.92 Å². The number of fused-ring (bicyclic) bond motifs is 1. The molecule has 1 N–H and O–H groups in total. The summed E-state index contributed by atoms with van der Waals surface area (Å²) in [5, 5.41) is 3.13. The van der Waals surface area contributed by atoms with Gasteiger partial charge in [-0.25, -0.2) is 4.98 Å². The van der Waals surface area contributed by atoms with Crippen molar-refractivity contribution in [3.8, 4) is 0 Å². The molecular formula is C12H19N3OS. The van der Waals surface area contributed by atoms with Crippen molar-refractivity contribution in [2.45, 2.75) is 32.4 Å². The Hall–Kier alpha value is -0.970. The second kappa shape index (κ2) is 5.58. The largest absolute Gasteiger partial charge is 0.351 e. The minimum atomic E-state index is 0.0918. The first-order chi connectivity index (χ1) is 8.20. The van der Waals surface area contributed by atoms with Gasteiger partial charge in [0, 0.05) is 43.1 Å². The maximum Gasteiger partial charge on any atom is 0.223 e. The molecule has 1 aliphatic rings. The molecule has 1 aliphatic heterocycles. The van der Waals surface area contributed by atoms with E-state index in [4.69, 9.17) is 0 Å². The number of aryl methyl sites for hydroxylation is 1. The lowest BCUT2D eigenvalue weighted by Crippen LogP contribution is -2.43. The monoisotopic (exact) mass is 253 g/mol. The molecule has 5 heteroatoms. The highest BCUT2D eigenvalue weighted by Crippen LogP contribution is 2.14. The summed E-state index contributed by atoms with van der Waals surface area (Å²) in [4.78, 5) is 16.2. The fourth-order valence-corrected chi connectivity index (χ4v) is 2.80. The molecule has 4 nitrogen and oxygen atoms in total. The molecule has 1 aromatic rings. The molecule has 0 radical (unpaired) electrons. The number of carbonyl (C=O) groups is 1. The normalized spacial score (nSPS) is 20.7. The van der Waals surface area contributed by atoms with Crippen LogP contribution in [-0.4, -0.2) is 33.5 Å². The van der Waals surface area contributed by atoms with E-state index in [0.717, 1.165) is 31.0 Å². The second-order valence-electron chi connectivity index (χ2n) is 4.60. The maximum atomic E-state index is 11.9. The van der Waals surface area contributed by atoms with Crippen LogP contribution in [-0.2, 0) is 17.8 Å². The van der Waals surface area contributed by atoms with E-state index < -0.39 is 0 Å². The first-order valence-electron chi connectivity index (χ1n) is 6.00. The number of rotatable bonds is 4. The number of thioether (sulfide) groups is 1. The predicted molar refractivity (Wildman–Crippen MR) is 70.0 cm³/mol. The molecule has 17 heavy (non-hydrogen) atoms. The molecule has 2 atom stereocenters. The van der Waals surface area contributed by atoms with E-state index in [0.29, 0.717) is 0 Å². The maximum absolute atomic E-state index is 11.9. The molecule has 0 spiro atoms. The van der Waals surface area contributed by atoms with E-state index in [2.05, 4.69) is 14.9 Å². The zero-order valence-electron chi connectivity index (χ0n) is 10.3. The molecule has 0 aliphatic carbocycles. The Bertz CT molecular complexity index is 391. The van der Waals surface area contributed by atoms with E-state index in [9.17, 15) is 4.79 Å². The lowest BCUT2D eigenvalue weighted by molar-refractivity contribution is -0.124. The van der Waals surface area contributed by atoms with Crippen LogP contribution in [0.5, 0.6) is 0 Å². The molecule has 0 saturated heterocycles. The van der Waals surface area contributed by atoms with Gasteiger partial charge in [-0.2, -0.15) is 11.8 Å². The summed E-state index contributed by atoms with van der Waals surface area (Å²) < 4.78 is 2.13. The van der Waals surface area contributed by atoms with Gasteiger partial charge >= 0.3 is 0 Å². The Morgan fingerprint density at radius 2 is 2.59 bits per heavy atom. The summed E-state index contributed by atoms with van der Waals surface area (Å²) in [6, 6.07) is 0.258. The first-order valence-corrected chi connectivity index (χ1v) is 7.39. The van der Waals surface area contributed by atoms with Crippen LogP contribution in [0.1, 0.15) is 19.2 Å². The molecule has 1 aromatic heterocycles. The van der Waals surface area contributed by atoms with E-state index in [1.165, 1.54) is 0 Å². The quantitative estimate of drug-likeness (QED) is 0.880. The van der Waals surface area contributed by atoms with E-state index in [1.807, 2.05) is 25.6 Å². The zero-order valence-corrected chi connectivity index (χ0v) is 11.2. The minimum Gasteiger partial charge on any atom is -0.351 e. The molecule has 94 valence electrons. The van der Waals surface area contributed by atoms with Gasteiger partial charge in [-0.15, -0.1) is 0 Å². The summed E-state index contributed by atoms with van der Waals surface area (Å²) in [6.45, 7) is 2.84. The number of nitrogens with one attached hydrogen (secondary N) is 1. The van der Waals surface area contributed by atoms with Crippen molar-refractivity contribution in [2.75, 3.05) is 12.0 Å². The Labute approximate surface area is 106 Å². The third kappa shape index (κ3) is 3.03. The van der Waals surface area contributed by atoms with Gasteiger partial charge in [-0.05, 0) is 12.7 Å². The van der Waals surface area contributed by atoms with E-state index >= 15 is 0 Å². The Balaban J connectivity index is 1.87. The first kappa shape index (κ1) is 12.5. The average Bonchev–Trinajstić information content (AvgIpc) is 2.76. The fourth-order valence-electron chi connectivity index (χ4n) is 2.15. The Morgan fingerprint density at radius 3 is 3.35 bits per heavy atom. The van der Waals surface area contributed by atoms with Crippen LogP contribution in [0.15, 0.2) is 12.4 Å². The van der Waals surface area contributed by atoms with Crippen molar-refractivity contribution in [1.82, 2.24) is 14.9 Å². The second-order valence-corrected chi connectivity index (χ2v) is 5.51. The van der Waals surface area contributed by atoms with Crippen LogP contribution in [0.3, 0.4) is 0 Å². The van der Waals surface area contributed by atoms with Gasteiger partial charge < -0.3 is 9.88 Å². The Morgan fingerprint density at radius 1 is 1.76 bits per heavy atom. The minimum absolute atomic E-state index is 0.0918. The molecular weight excluding hydrogens is 234 g/mol. The van der Waals surface area contributed by atoms with Crippen LogP contribution >= 0.6 is 11.8 Å². The van der Waals surface area contributed by atoms with Crippen LogP contribution in [0.25, 0.3) is 0 Å².